The number of halogens is 2. The Morgan fingerprint density at radius 3 is 2.52 bits per heavy atom. The summed E-state index contributed by atoms with van der Waals surface area (Å²) in [5.74, 6) is -0.0288. The summed E-state index contributed by atoms with van der Waals surface area (Å²) in [6, 6.07) is 5.93. The van der Waals surface area contributed by atoms with Gasteiger partial charge in [-0.05, 0) is 38.0 Å². The molecule has 1 aromatic carbocycles. The summed E-state index contributed by atoms with van der Waals surface area (Å²) in [4.78, 5) is 37.4. The molecule has 1 saturated heterocycles. The fourth-order valence-electron chi connectivity index (χ4n) is 4.08. The van der Waals surface area contributed by atoms with Crippen molar-refractivity contribution in [3.63, 3.8) is 0 Å². The van der Waals surface area contributed by atoms with Gasteiger partial charge in [0.05, 0.1) is 5.56 Å². The first-order chi connectivity index (χ1) is 15.8. The molecule has 33 heavy (non-hydrogen) atoms. The van der Waals surface area contributed by atoms with Gasteiger partial charge in [-0.25, -0.2) is 9.50 Å². The molecule has 174 valence electrons. The number of carbonyl (C=O) groups excluding carboxylic acids is 2. The molecule has 0 unspecified atom stereocenters. The molecule has 0 spiro atoms. The second-order valence-corrected chi connectivity index (χ2v) is 7.78. The third-order valence-electron chi connectivity index (χ3n) is 5.83. The number of aryl methyl sites for hydroxylation is 2. The zero-order chi connectivity index (χ0) is 23.5. The van der Waals surface area contributed by atoms with Crippen LogP contribution in [0, 0.1) is 13.8 Å². The molecule has 9 nitrogen and oxygen atoms in total. The predicted molar refractivity (Wildman–Crippen MR) is 114 cm³/mol. The molecule has 1 aliphatic rings. The maximum atomic E-state index is 12.8. The van der Waals surface area contributed by atoms with Crippen molar-refractivity contribution in [2.75, 3.05) is 26.2 Å². The van der Waals surface area contributed by atoms with Crippen LogP contribution in [0.1, 0.15) is 33.7 Å². The van der Waals surface area contributed by atoms with E-state index in [-0.39, 0.29) is 17.2 Å². The second kappa shape index (κ2) is 9.47. The van der Waals surface area contributed by atoms with Crippen LogP contribution in [0.15, 0.2) is 30.6 Å². The monoisotopic (exact) mass is 458 g/mol. The molecular weight excluding hydrogens is 434 g/mol. The summed E-state index contributed by atoms with van der Waals surface area (Å²) in [7, 11) is 0. The number of amides is 2. The van der Waals surface area contributed by atoms with Crippen molar-refractivity contribution in [1.82, 2.24) is 29.4 Å². The van der Waals surface area contributed by atoms with Crippen molar-refractivity contribution >= 4 is 17.6 Å². The molecule has 2 amide bonds. The number of hydrogen-bond donors (Lipinski definition) is 0. The van der Waals surface area contributed by atoms with E-state index in [0.29, 0.717) is 44.8 Å². The zero-order valence-electron chi connectivity index (χ0n) is 18.4. The Labute approximate surface area is 189 Å². The summed E-state index contributed by atoms with van der Waals surface area (Å²) in [6.45, 7) is 2.19. The molecule has 0 atom stereocenters. The van der Waals surface area contributed by atoms with Crippen molar-refractivity contribution in [2.24, 2.45) is 0 Å². The van der Waals surface area contributed by atoms with Crippen LogP contribution in [0.4, 0.5) is 8.78 Å². The largest absolute Gasteiger partial charge is 0.434 e. The standard InChI is InChI=1S/C22H24F2N6O3/c1-14-16(15(2)30-22(27-14)25-13-26-30)7-8-19(31)28-9-11-29(12-10-28)20(32)17-5-3-4-6-18(17)33-21(23)24/h3-6,13,21H,7-12H2,1-2H3. The number of alkyl halides is 2. The van der Waals surface area contributed by atoms with Gasteiger partial charge in [0.2, 0.25) is 5.91 Å². The van der Waals surface area contributed by atoms with E-state index in [1.165, 1.54) is 24.5 Å². The minimum atomic E-state index is -3.01. The van der Waals surface area contributed by atoms with Gasteiger partial charge in [-0.2, -0.15) is 18.9 Å². The highest BCUT2D eigenvalue weighted by molar-refractivity contribution is 5.97. The summed E-state index contributed by atoms with van der Waals surface area (Å²) < 4.78 is 31.4. The lowest BCUT2D eigenvalue weighted by Crippen LogP contribution is -2.50. The number of carbonyl (C=O) groups is 2. The highest BCUT2D eigenvalue weighted by Crippen LogP contribution is 2.23. The van der Waals surface area contributed by atoms with Crippen molar-refractivity contribution < 1.29 is 23.1 Å². The molecule has 2 aromatic heterocycles. The van der Waals surface area contributed by atoms with Crippen molar-refractivity contribution in [3.8, 4) is 5.75 Å². The van der Waals surface area contributed by atoms with Crippen LogP contribution in [-0.4, -0.2) is 74.0 Å². The number of fused-ring (bicyclic) bond motifs is 1. The summed E-state index contributed by atoms with van der Waals surface area (Å²) in [6.07, 6.45) is 2.28. The smallest absolute Gasteiger partial charge is 0.387 e. The number of para-hydroxylation sites is 1. The van der Waals surface area contributed by atoms with Crippen LogP contribution in [0.2, 0.25) is 0 Å². The van der Waals surface area contributed by atoms with E-state index in [1.807, 2.05) is 13.8 Å². The second-order valence-electron chi connectivity index (χ2n) is 7.78. The fraction of sp³-hybridized carbons (Fsp3) is 0.409. The molecule has 0 bridgehead atoms. The molecule has 0 N–H and O–H groups in total. The first kappa shape index (κ1) is 22.6. The van der Waals surface area contributed by atoms with Gasteiger partial charge in [-0.3, -0.25) is 9.59 Å². The topological polar surface area (TPSA) is 92.9 Å². The Bertz CT molecular complexity index is 1170. The third kappa shape index (κ3) is 4.76. The van der Waals surface area contributed by atoms with Gasteiger partial charge in [0, 0.05) is 44.0 Å². The van der Waals surface area contributed by atoms with E-state index in [1.54, 1.807) is 20.4 Å². The van der Waals surface area contributed by atoms with Crippen molar-refractivity contribution in [3.05, 3.63) is 53.1 Å². The highest BCUT2D eigenvalue weighted by Gasteiger charge is 2.27. The first-order valence-corrected chi connectivity index (χ1v) is 10.6. The molecule has 0 radical (unpaired) electrons. The molecule has 3 heterocycles. The van der Waals surface area contributed by atoms with Gasteiger partial charge < -0.3 is 14.5 Å². The summed E-state index contributed by atoms with van der Waals surface area (Å²) in [5, 5.41) is 4.17. The minimum absolute atomic E-state index is 0.0129. The number of piperazine rings is 1. The van der Waals surface area contributed by atoms with Crippen LogP contribution in [0.25, 0.3) is 5.78 Å². The molecule has 11 heteroatoms. The van der Waals surface area contributed by atoms with E-state index in [4.69, 9.17) is 0 Å². The average Bonchev–Trinajstić information content (AvgIpc) is 3.27. The van der Waals surface area contributed by atoms with Crippen molar-refractivity contribution in [1.29, 1.82) is 0 Å². The van der Waals surface area contributed by atoms with E-state index in [0.717, 1.165) is 17.0 Å². The van der Waals surface area contributed by atoms with Crippen LogP contribution in [0.5, 0.6) is 5.75 Å². The Morgan fingerprint density at radius 2 is 1.79 bits per heavy atom. The first-order valence-electron chi connectivity index (χ1n) is 10.6. The number of rotatable bonds is 6. The number of hydrogen-bond acceptors (Lipinski definition) is 6. The van der Waals surface area contributed by atoms with E-state index < -0.39 is 12.5 Å². The predicted octanol–water partition coefficient (Wildman–Crippen LogP) is 2.26. The average molecular weight is 458 g/mol. The van der Waals surface area contributed by atoms with Gasteiger partial charge >= 0.3 is 6.61 Å². The van der Waals surface area contributed by atoms with Crippen LogP contribution in [-0.2, 0) is 11.2 Å². The lowest BCUT2D eigenvalue weighted by molar-refractivity contribution is -0.132. The number of aromatic nitrogens is 4. The lowest BCUT2D eigenvalue weighted by atomic mass is 10.1. The quantitative estimate of drug-likeness (QED) is 0.563. The van der Waals surface area contributed by atoms with Gasteiger partial charge in [-0.1, -0.05) is 12.1 Å². The van der Waals surface area contributed by atoms with Crippen molar-refractivity contribution in [2.45, 2.75) is 33.3 Å². The maximum Gasteiger partial charge on any atom is 0.387 e. The maximum absolute atomic E-state index is 12.8. The van der Waals surface area contributed by atoms with E-state index in [9.17, 15) is 18.4 Å². The number of nitrogens with zero attached hydrogens (tertiary/aromatic N) is 6. The van der Waals surface area contributed by atoms with E-state index >= 15 is 0 Å². The highest BCUT2D eigenvalue weighted by atomic mass is 19.3. The fourth-order valence-corrected chi connectivity index (χ4v) is 4.08. The van der Waals surface area contributed by atoms with E-state index in [2.05, 4.69) is 19.8 Å². The lowest BCUT2D eigenvalue weighted by Gasteiger charge is -2.35. The Morgan fingerprint density at radius 1 is 1.09 bits per heavy atom. The molecule has 0 saturated carbocycles. The molecule has 1 fully saturated rings. The minimum Gasteiger partial charge on any atom is -0.434 e. The molecule has 0 aliphatic carbocycles. The number of ether oxygens (including phenoxy) is 1. The SMILES string of the molecule is Cc1nc2ncnn2c(C)c1CCC(=O)N1CCN(C(=O)c2ccccc2OC(F)F)CC1. The third-order valence-corrected chi connectivity index (χ3v) is 5.83. The summed E-state index contributed by atoms with van der Waals surface area (Å²) in [5.41, 5.74) is 2.77. The molecule has 4 rings (SSSR count). The zero-order valence-corrected chi connectivity index (χ0v) is 18.4. The normalized spacial score (nSPS) is 14.2. The molecular formula is C22H24F2N6O3. The van der Waals surface area contributed by atoms with Crippen LogP contribution in [0.3, 0.4) is 0 Å². The van der Waals surface area contributed by atoms with Crippen LogP contribution < -0.4 is 4.74 Å². The molecule has 1 aliphatic heterocycles. The van der Waals surface area contributed by atoms with Crippen LogP contribution >= 0.6 is 0 Å². The van der Waals surface area contributed by atoms with Gasteiger partial charge in [0.25, 0.3) is 11.7 Å². The Balaban J connectivity index is 1.35. The number of benzene rings is 1. The Hall–Kier alpha value is -3.63. The van der Waals surface area contributed by atoms with Gasteiger partial charge in [0.15, 0.2) is 0 Å². The molecule has 3 aromatic rings. The Kier molecular flexibility index (Phi) is 6.47. The van der Waals surface area contributed by atoms with Gasteiger partial charge in [-0.15, -0.1) is 0 Å². The summed E-state index contributed by atoms with van der Waals surface area (Å²) >= 11 is 0. The van der Waals surface area contributed by atoms with Gasteiger partial charge in [0.1, 0.15) is 12.1 Å².